The maximum atomic E-state index is 15.3. The lowest BCUT2D eigenvalue weighted by molar-refractivity contribution is -0.128. The van der Waals surface area contributed by atoms with E-state index in [-0.39, 0.29) is 57.7 Å². The van der Waals surface area contributed by atoms with Gasteiger partial charge in [-0.3, -0.25) is 19.1 Å². The molecule has 3 heterocycles. The predicted molar refractivity (Wildman–Crippen MR) is 170 cm³/mol. The van der Waals surface area contributed by atoms with Crippen molar-refractivity contribution in [2.45, 2.75) is 28.9 Å². The normalized spacial score (nSPS) is 15.3. The molecule has 46 heavy (non-hydrogen) atoms. The van der Waals surface area contributed by atoms with E-state index in [1.807, 2.05) is 0 Å². The summed E-state index contributed by atoms with van der Waals surface area (Å²) in [6, 6.07) is 9.13. The first-order valence-electron chi connectivity index (χ1n) is 14.1. The van der Waals surface area contributed by atoms with E-state index in [0.29, 0.717) is 23.6 Å². The van der Waals surface area contributed by atoms with Crippen LogP contribution in [0.5, 0.6) is 0 Å². The molecule has 0 bridgehead atoms. The van der Waals surface area contributed by atoms with E-state index >= 15 is 4.39 Å². The number of thioether (sulfide) groups is 1. The lowest BCUT2D eigenvalue weighted by atomic mass is 10.1. The Morgan fingerprint density at radius 2 is 1.78 bits per heavy atom. The van der Waals surface area contributed by atoms with E-state index in [1.165, 1.54) is 30.5 Å². The van der Waals surface area contributed by atoms with Crippen LogP contribution < -0.4 is 20.6 Å². The number of sulfonamides is 1. The molecule has 6 rings (SSSR count). The zero-order valence-electron chi connectivity index (χ0n) is 23.9. The van der Waals surface area contributed by atoms with Gasteiger partial charge in [-0.15, -0.1) is 0 Å². The number of H-pyrrole nitrogens is 1. The van der Waals surface area contributed by atoms with E-state index < -0.39 is 38.4 Å². The zero-order valence-corrected chi connectivity index (χ0v) is 26.3. The lowest BCUT2D eigenvalue weighted by Crippen LogP contribution is -2.49. The summed E-state index contributed by atoms with van der Waals surface area (Å²) in [7, 11) is -4.05. The van der Waals surface area contributed by atoms with Crippen molar-refractivity contribution in [3.05, 3.63) is 85.6 Å². The number of aromatic carboxylic acids is 1. The largest absolute Gasteiger partial charge is 0.477 e. The SMILES string of the molecule is O=C(O)c1cn(C2CC2)c2cc(N3CCN(C(=O)CSc4nc(NS(=O)(=O)c5ccc(Cl)cc5)cc(=O)[nH]4)CC3)c(F)cc2c1=O. The van der Waals surface area contributed by atoms with Gasteiger partial charge >= 0.3 is 5.97 Å². The monoisotopic (exact) mass is 688 g/mol. The van der Waals surface area contributed by atoms with Crippen LogP contribution in [-0.2, 0) is 14.8 Å². The molecule has 1 amide bonds. The second kappa shape index (κ2) is 12.4. The Kier molecular flexibility index (Phi) is 8.52. The molecule has 3 N–H and O–H groups in total. The standard InChI is InChI=1S/C29H26ClFN6O7S2/c30-16-1-5-18(6-2-16)46(43,44)34-24-13-25(38)33-29(32-24)45-15-26(39)36-9-7-35(8-10-36)23-12-22-19(11-21(23)31)27(40)20(28(41)42)14-37(22)17-3-4-17/h1-2,5-6,11-14,17H,3-4,7-10,15H2,(H,41,42)(H2,32,33,34,38). The van der Waals surface area contributed by atoms with Crippen LogP contribution in [0.1, 0.15) is 29.2 Å². The number of hydrogen-bond acceptors (Lipinski definition) is 9. The van der Waals surface area contributed by atoms with Crippen molar-refractivity contribution in [2.75, 3.05) is 41.6 Å². The number of nitrogens with one attached hydrogen (secondary N) is 2. The van der Waals surface area contributed by atoms with Gasteiger partial charge in [0.15, 0.2) is 5.16 Å². The molecule has 0 atom stereocenters. The molecule has 13 nitrogen and oxygen atoms in total. The average Bonchev–Trinajstić information content (AvgIpc) is 3.85. The molecule has 0 spiro atoms. The van der Waals surface area contributed by atoms with Gasteiger partial charge in [-0.05, 0) is 49.2 Å². The molecule has 4 aromatic rings. The predicted octanol–water partition coefficient (Wildman–Crippen LogP) is 3.15. The number of carbonyl (C=O) groups is 2. The number of aromatic nitrogens is 3. The number of fused-ring (bicyclic) bond motifs is 1. The first-order valence-corrected chi connectivity index (χ1v) is 16.9. The fourth-order valence-electron chi connectivity index (χ4n) is 5.19. The number of piperazine rings is 1. The molecule has 17 heteroatoms. The van der Waals surface area contributed by atoms with Gasteiger partial charge in [0.05, 0.1) is 21.9 Å². The highest BCUT2D eigenvalue weighted by molar-refractivity contribution is 7.99. The van der Waals surface area contributed by atoms with Gasteiger partial charge in [0.25, 0.3) is 15.6 Å². The van der Waals surface area contributed by atoms with Crippen LogP contribution in [0.2, 0.25) is 5.02 Å². The number of rotatable bonds is 9. The molecular weight excluding hydrogens is 663 g/mol. The molecule has 0 unspecified atom stereocenters. The summed E-state index contributed by atoms with van der Waals surface area (Å²) < 4.78 is 44.7. The maximum Gasteiger partial charge on any atom is 0.341 e. The fraction of sp³-hybridized carbons (Fsp3) is 0.276. The number of nitrogens with zero attached hydrogens (tertiary/aromatic N) is 4. The van der Waals surface area contributed by atoms with Crippen LogP contribution in [0.25, 0.3) is 10.9 Å². The summed E-state index contributed by atoms with van der Waals surface area (Å²) in [5.74, 6) is -2.60. The van der Waals surface area contributed by atoms with E-state index in [1.54, 1.807) is 20.4 Å². The highest BCUT2D eigenvalue weighted by atomic mass is 35.5. The first kappa shape index (κ1) is 31.6. The number of carboxylic acid groups (broad SMARTS) is 1. The molecule has 1 aliphatic heterocycles. The van der Waals surface area contributed by atoms with Crippen molar-refractivity contribution in [3.8, 4) is 0 Å². The van der Waals surface area contributed by atoms with Gasteiger partial charge in [-0.25, -0.2) is 22.6 Å². The molecule has 0 radical (unpaired) electrons. The number of pyridine rings is 1. The minimum atomic E-state index is -4.05. The van der Waals surface area contributed by atoms with E-state index in [0.717, 1.165) is 36.7 Å². The van der Waals surface area contributed by atoms with Crippen molar-refractivity contribution < 1.29 is 27.5 Å². The minimum absolute atomic E-state index is 0.00684. The third-order valence-electron chi connectivity index (χ3n) is 7.66. The summed E-state index contributed by atoms with van der Waals surface area (Å²) in [6.07, 6.45) is 2.98. The summed E-state index contributed by atoms with van der Waals surface area (Å²) in [5.41, 5.74) is -1.04. The average molecular weight is 689 g/mol. The number of carbonyl (C=O) groups excluding carboxylic acids is 1. The number of benzene rings is 2. The Balaban J connectivity index is 1.11. The van der Waals surface area contributed by atoms with Crippen LogP contribution >= 0.6 is 23.4 Å². The van der Waals surface area contributed by atoms with Gasteiger partial charge in [0, 0.05) is 54.9 Å². The number of anilines is 2. The second-order valence-electron chi connectivity index (χ2n) is 10.8. The van der Waals surface area contributed by atoms with Gasteiger partial charge in [0.2, 0.25) is 11.3 Å². The molecule has 1 saturated heterocycles. The Bertz CT molecular complexity index is 2090. The summed E-state index contributed by atoms with van der Waals surface area (Å²) in [6.45, 7) is 1.15. The quantitative estimate of drug-likeness (QED) is 0.175. The van der Waals surface area contributed by atoms with E-state index in [4.69, 9.17) is 11.6 Å². The van der Waals surface area contributed by atoms with Crippen molar-refractivity contribution in [1.82, 2.24) is 19.4 Å². The third kappa shape index (κ3) is 6.59. The first-order chi connectivity index (χ1) is 21.9. The van der Waals surface area contributed by atoms with Gasteiger partial charge in [-0.2, -0.15) is 0 Å². The Hall–Kier alpha value is -4.41. The van der Waals surface area contributed by atoms with Crippen LogP contribution in [0.15, 0.2) is 68.3 Å². The summed E-state index contributed by atoms with van der Waals surface area (Å²) in [5, 5.41) is 9.87. The second-order valence-corrected chi connectivity index (χ2v) is 13.9. The van der Waals surface area contributed by atoms with Gasteiger partial charge in [-0.1, -0.05) is 23.4 Å². The highest BCUT2D eigenvalue weighted by Crippen LogP contribution is 2.38. The maximum absolute atomic E-state index is 15.3. The number of hydrogen-bond donors (Lipinski definition) is 3. The Morgan fingerprint density at radius 3 is 2.43 bits per heavy atom. The van der Waals surface area contributed by atoms with Crippen LogP contribution in [0, 0.1) is 5.82 Å². The summed E-state index contributed by atoms with van der Waals surface area (Å²) in [4.78, 5) is 59.5. The van der Waals surface area contributed by atoms with Crippen molar-refractivity contribution >= 4 is 67.7 Å². The summed E-state index contributed by atoms with van der Waals surface area (Å²) >= 11 is 6.76. The third-order valence-corrected chi connectivity index (χ3v) is 10.1. The van der Waals surface area contributed by atoms with Crippen molar-refractivity contribution in [2.24, 2.45) is 0 Å². The topological polar surface area (TPSA) is 175 Å². The molecule has 2 aromatic carbocycles. The smallest absolute Gasteiger partial charge is 0.341 e. The van der Waals surface area contributed by atoms with Crippen LogP contribution in [0.3, 0.4) is 0 Å². The van der Waals surface area contributed by atoms with Crippen LogP contribution in [-0.4, -0.2) is 76.8 Å². The number of amides is 1. The Labute approximate surface area is 270 Å². The zero-order chi connectivity index (χ0) is 32.7. The van der Waals surface area contributed by atoms with Crippen molar-refractivity contribution in [3.63, 3.8) is 0 Å². The molecule has 1 aliphatic carbocycles. The lowest BCUT2D eigenvalue weighted by Gasteiger charge is -2.36. The highest BCUT2D eigenvalue weighted by Gasteiger charge is 2.29. The number of aromatic amines is 1. The molecular formula is C29H26ClFN6O7S2. The van der Waals surface area contributed by atoms with E-state index in [2.05, 4.69) is 14.7 Å². The van der Waals surface area contributed by atoms with Gasteiger partial charge < -0.3 is 24.5 Å². The van der Waals surface area contributed by atoms with Crippen LogP contribution in [0.4, 0.5) is 15.9 Å². The van der Waals surface area contributed by atoms with E-state index in [9.17, 15) is 32.7 Å². The number of carboxylic acids is 1. The molecule has 2 fully saturated rings. The van der Waals surface area contributed by atoms with Crippen molar-refractivity contribution in [1.29, 1.82) is 0 Å². The Morgan fingerprint density at radius 1 is 1.09 bits per heavy atom. The molecule has 1 saturated carbocycles. The molecule has 240 valence electrons. The molecule has 2 aliphatic rings. The van der Waals surface area contributed by atoms with Gasteiger partial charge in [0.1, 0.15) is 17.2 Å². The molecule has 2 aromatic heterocycles. The number of halogens is 2. The fourth-order valence-corrected chi connectivity index (χ4v) is 7.09. The minimum Gasteiger partial charge on any atom is -0.477 e.